The van der Waals surface area contributed by atoms with Crippen LogP contribution in [0.2, 0.25) is 0 Å². The Morgan fingerprint density at radius 3 is 2.35 bits per heavy atom. The molecule has 0 unspecified atom stereocenters. The van der Waals surface area contributed by atoms with Crippen LogP contribution in [0, 0.1) is 5.82 Å². The number of thioether (sulfide) groups is 1. The lowest BCUT2D eigenvalue weighted by atomic mass is 10.3. The van der Waals surface area contributed by atoms with Gasteiger partial charge in [0.1, 0.15) is 17.6 Å². The number of ether oxygens (including phenoxy) is 1. The topological polar surface area (TPSA) is 84.5 Å². The van der Waals surface area contributed by atoms with E-state index in [1.165, 1.54) is 31.2 Å². The van der Waals surface area contributed by atoms with Gasteiger partial charge in [0.25, 0.3) is 5.91 Å². The van der Waals surface area contributed by atoms with Gasteiger partial charge < -0.3 is 15.4 Å². The van der Waals surface area contributed by atoms with Crippen molar-refractivity contribution in [3.63, 3.8) is 0 Å². The molecule has 26 heavy (non-hydrogen) atoms. The van der Waals surface area contributed by atoms with E-state index in [0.717, 1.165) is 11.8 Å². The summed E-state index contributed by atoms with van der Waals surface area (Å²) in [7, 11) is 0. The van der Waals surface area contributed by atoms with Gasteiger partial charge in [-0.2, -0.15) is 13.2 Å². The number of amides is 2. The fraction of sp³-hybridized carbons (Fsp3) is 0.400. The van der Waals surface area contributed by atoms with Crippen LogP contribution in [0.1, 0.15) is 6.92 Å². The minimum absolute atomic E-state index is 0.117. The molecule has 6 nitrogen and oxygen atoms in total. The van der Waals surface area contributed by atoms with Crippen LogP contribution in [0.5, 0.6) is 0 Å². The van der Waals surface area contributed by atoms with Crippen LogP contribution in [0.25, 0.3) is 0 Å². The zero-order valence-electron chi connectivity index (χ0n) is 13.6. The first kappa shape index (κ1) is 21.7. The highest BCUT2D eigenvalue weighted by Crippen LogP contribution is 2.14. The molecule has 1 atom stereocenters. The van der Waals surface area contributed by atoms with E-state index in [9.17, 15) is 31.9 Å². The molecule has 11 heteroatoms. The lowest BCUT2D eigenvalue weighted by molar-refractivity contribution is -0.150. The highest BCUT2D eigenvalue weighted by molar-refractivity contribution is 8.01. The molecule has 0 fully saturated rings. The summed E-state index contributed by atoms with van der Waals surface area (Å²) in [5, 5.41) is 3.24. The fourth-order valence-corrected chi connectivity index (χ4v) is 2.18. The number of hydrogen-bond donors (Lipinski definition) is 2. The maximum atomic E-state index is 12.8. The largest absolute Gasteiger partial charge is 0.455 e. The minimum atomic E-state index is -4.55. The SMILES string of the molecule is C[C@H](SCC(=O)Nc1ccc(F)cc1)C(=O)OCC(=O)NCC(F)(F)F. The Morgan fingerprint density at radius 1 is 1.15 bits per heavy atom. The van der Waals surface area contributed by atoms with Gasteiger partial charge in [0.05, 0.1) is 5.75 Å². The number of halogens is 4. The number of anilines is 1. The standard InChI is InChI=1S/C15H16F4N2O4S/c1-9(14(24)25-6-12(22)20-8-15(17,18)19)26-7-13(23)21-11-4-2-10(16)3-5-11/h2-5,9H,6-8H2,1H3,(H,20,22)(H,21,23)/t9-/m0/s1. The van der Waals surface area contributed by atoms with Crippen molar-refractivity contribution < 1.29 is 36.7 Å². The van der Waals surface area contributed by atoms with Crippen LogP contribution >= 0.6 is 11.8 Å². The van der Waals surface area contributed by atoms with Crippen LogP contribution < -0.4 is 10.6 Å². The quantitative estimate of drug-likeness (QED) is 0.519. The molecule has 0 bridgehead atoms. The number of rotatable bonds is 8. The molecule has 0 heterocycles. The summed E-state index contributed by atoms with van der Waals surface area (Å²) in [4.78, 5) is 34.5. The Morgan fingerprint density at radius 2 is 1.77 bits per heavy atom. The molecule has 1 aromatic rings. The van der Waals surface area contributed by atoms with Crippen molar-refractivity contribution in [1.82, 2.24) is 5.32 Å². The van der Waals surface area contributed by atoms with E-state index >= 15 is 0 Å². The number of nitrogens with one attached hydrogen (secondary N) is 2. The maximum Gasteiger partial charge on any atom is 0.405 e. The molecule has 0 radical (unpaired) electrons. The van der Waals surface area contributed by atoms with Gasteiger partial charge in [0.15, 0.2) is 6.61 Å². The van der Waals surface area contributed by atoms with E-state index < -0.39 is 48.2 Å². The Kier molecular flexibility index (Phi) is 8.36. The Labute approximate surface area is 150 Å². The highest BCUT2D eigenvalue weighted by atomic mass is 32.2. The highest BCUT2D eigenvalue weighted by Gasteiger charge is 2.28. The zero-order valence-corrected chi connectivity index (χ0v) is 14.4. The summed E-state index contributed by atoms with van der Waals surface area (Å²) >= 11 is 0.912. The number of hydrogen-bond acceptors (Lipinski definition) is 5. The molecule has 2 N–H and O–H groups in total. The second-order valence-corrected chi connectivity index (χ2v) is 6.34. The molecule has 144 valence electrons. The number of alkyl halides is 3. The van der Waals surface area contributed by atoms with Crippen LogP contribution in [-0.4, -0.2) is 48.1 Å². The number of carbonyl (C=O) groups is 3. The first-order valence-electron chi connectivity index (χ1n) is 7.24. The molecule has 0 saturated carbocycles. The zero-order chi connectivity index (χ0) is 19.7. The van der Waals surface area contributed by atoms with E-state index in [1.54, 1.807) is 5.32 Å². The molecule has 0 aliphatic rings. The van der Waals surface area contributed by atoms with Crippen molar-refractivity contribution in [2.75, 3.05) is 24.2 Å². The average molecular weight is 396 g/mol. The normalized spacial score (nSPS) is 12.2. The van der Waals surface area contributed by atoms with Crippen LogP contribution in [0.4, 0.5) is 23.2 Å². The average Bonchev–Trinajstić information content (AvgIpc) is 2.57. The van der Waals surface area contributed by atoms with Crippen molar-refractivity contribution in [1.29, 1.82) is 0 Å². The minimum Gasteiger partial charge on any atom is -0.455 e. The number of carbonyl (C=O) groups excluding carboxylic acids is 3. The third kappa shape index (κ3) is 9.25. The van der Waals surface area contributed by atoms with Crippen molar-refractivity contribution >= 4 is 35.2 Å². The van der Waals surface area contributed by atoms with Crippen LogP contribution in [-0.2, 0) is 19.1 Å². The maximum absolute atomic E-state index is 12.8. The summed E-state index contributed by atoms with van der Waals surface area (Å²) in [5.41, 5.74) is 0.383. The molecular formula is C15H16F4N2O4S. The molecule has 0 spiro atoms. The Hall–Kier alpha value is -2.30. The second-order valence-electron chi connectivity index (χ2n) is 5.01. The molecule has 2 amide bonds. The fourth-order valence-electron chi connectivity index (χ4n) is 1.50. The van der Waals surface area contributed by atoms with Gasteiger partial charge in [-0.25, -0.2) is 4.39 Å². The van der Waals surface area contributed by atoms with Gasteiger partial charge in [0.2, 0.25) is 5.91 Å². The summed E-state index contributed by atoms with van der Waals surface area (Å²) in [5.74, 6) is -2.93. The predicted octanol–water partition coefficient (Wildman–Crippen LogP) is 2.11. The monoisotopic (exact) mass is 396 g/mol. The predicted molar refractivity (Wildman–Crippen MR) is 87.0 cm³/mol. The van der Waals surface area contributed by atoms with Gasteiger partial charge >= 0.3 is 12.1 Å². The van der Waals surface area contributed by atoms with Gasteiger partial charge in [0, 0.05) is 5.69 Å². The Balaban J connectivity index is 2.27. The molecule has 0 saturated heterocycles. The third-order valence-electron chi connectivity index (χ3n) is 2.76. The molecule has 1 aromatic carbocycles. The van der Waals surface area contributed by atoms with E-state index in [0.29, 0.717) is 5.69 Å². The van der Waals surface area contributed by atoms with Gasteiger partial charge in [-0.15, -0.1) is 11.8 Å². The second kappa shape index (κ2) is 10.00. The number of esters is 1. The smallest absolute Gasteiger partial charge is 0.405 e. The van der Waals surface area contributed by atoms with E-state index in [1.807, 2.05) is 0 Å². The Bertz CT molecular complexity index is 638. The number of benzene rings is 1. The summed E-state index contributed by atoms with van der Waals surface area (Å²) in [6.45, 7) is -0.940. The molecular weight excluding hydrogens is 380 g/mol. The van der Waals surface area contributed by atoms with Gasteiger partial charge in [-0.1, -0.05) is 0 Å². The first-order valence-corrected chi connectivity index (χ1v) is 8.29. The van der Waals surface area contributed by atoms with Crippen molar-refractivity contribution in [2.24, 2.45) is 0 Å². The summed E-state index contributed by atoms with van der Waals surface area (Å²) in [6, 6.07) is 5.09. The lowest BCUT2D eigenvalue weighted by Crippen LogP contribution is -2.37. The van der Waals surface area contributed by atoms with E-state index in [4.69, 9.17) is 0 Å². The molecule has 0 aliphatic heterocycles. The van der Waals surface area contributed by atoms with Crippen LogP contribution in [0.15, 0.2) is 24.3 Å². The van der Waals surface area contributed by atoms with Gasteiger partial charge in [-0.05, 0) is 31.2 Å². The van der Waals surface area contributed by atoms with Crippen molar-refractivity contribution in [3.05, 3.63) is 30.1 Å². The molecule has 1 rings (SSSR count). The lowest BCUT2D eigenvalue weighted by Gasteiger charge is -2.12. The van der Waals surface area contributed by atoms with Crippen LogP contribution in [0.3, 0.4) is 0 Å². The summed E-state index contributed by atoms with van der Waals surface area (Å²) < 4.78 is 53.1. The summed E-state index contributed by atoms with van der Waals surface area (Å²) in [6.07, 6.45) is -4.55. The van der Waals surface area contributed by atoms with E-state index in [2.05, 4.69) is 10.1 Å². The van der Waals surface area contributed by atoms with Crippen molar-refractivity contribution in [3.8, 4) is 0 Å². The third-order valence-corrected chi connectivity index (χ3v) is 3.88. The van der Waals surface area contributed by atoms with E-state index in [-0.39, 0.29) is 5.75 Å². The van der Waals surface area contributed by atoms with Gasteiger partial charge in [-0.3, -0.25) is 14.4 Å². The molecule has 0 aliphatic carbocycles. The van der Waals surface area contributed by atoms with Crippen molar-refractivity contribution in [2.45, 2.75) is 18.3 Å². The molecule has 0 aromatic heterocycles. The first-order chi connectivity index (χ1) is 12.1.